The van der Waals surface area contributed by atoms with Gasteiger partial charge in [0.2, 0.25) is 6.43 Å². The first-order valence-corrected chi connectivity index (χ1v) is 10.9. The molecule has 176 valence electrons. The van der Waals surface area contributed by atoms with E-state index in [2.05, 4.69) is 20.3 Å². The van der Waals surface area contributed by atoms with Gasteiger partial charge in [-0.15, -0.1) is 0 Å². The fraction of sp³-hybridized carbons (Fsp3) is 0.240. The topological polar surface area (TPSA) is 70.9 Å². The van der Waals surface area contributed by atoms with Crippen molar-refractivity contribution >= 4 is 28.2 Å². The summed E-state index contributed by atoms with van der Waals surface area (Å²) in [4.78, 5) is 12.8. The molecule has 5 nitrogen and oxygen atoms in total. The SMILES string of the molecule is CC(C)(O)c1ncc(-c2ccc3ncc(Cl)c(NC(CC(F)F)c4ccccc4F)c3c2)cn1. The largest absolute Gasteiger partial charge is 0.382 e. The summed E-state index contributed by atoms with van der Waals surface area (Å²) < 4.78 is 41.2. The Kier molecular flexibility index (Phi) is 6.72. The minimum Gasteiger partial charge on any atom is -0.382 e. The molecule has 4 rings (SSSR count). The van der Waals surface area contributed by atoms with Gasteiger partial charge in [0, 0.05) is 41.5 Å². The number of nitrogens with one attached hydrogen (secondary N) is 1. The van der Waals surface area contributed by atoms with Crippen molar-refractivity contribution in [1.82, 2.24) is 15.0 Å². The molecule has 2 aromatic carbocycles. The van der Waals surface area contributed by atoms with Crippen LogP contribution in [0, 0.1) is 5.82 Å². The summed E-state index contributed by atoms with van der Waals surface area (Å²) in [5.41, 5.74) is 1.31. The number of hydrogen-bond donors (Lipinski definition) is 2. The summed E-state index contributed by atoms with van der Waals surface area (Å²) in [6.07, 6.45) is 1.34. The zero-order chi connectivity index (χ0) is 24.5. The maximum atomic E-state index is 14.4. The third kappa shape index (κ3) is 5.13. The zero-order valence-electron chi connectivity index (χ0n) is 18.4. The summed E-state index contributed by atoms with van der Waals surface area (Å²) in [5, 5.41) is 13.9. The highest BCUT2D eigenvalue weighted by atomic mass is 35.5. The Morgan fingerprint density at radius 2 is 1.71 bits per heavy atom. The Hall–Kier alpha value is -3.23. The van der Waals surface area contributed by atoms with E-state index in [0.29, 0.717) is 22.2 Å². The van der Waals surface area contributed by atoms with E-state index in [9.17, 15) is 18.3 Å². The van der Waals surface area contributed by atoms with Gasteiger partial charge >= 0.3 is 0 Å². The monoisotopic (exact) mass is 486 g/mol. The normalized spacial score (nSPS) is 12.8. The van der Waals surface area contributed by atoms with Crippen LogP contribution in [0.5, 0.6) is 0 Å². The lowest BCUT2D eigenvalue weighted by atomic mass is 10.0. The van der Waals surface area contributed by atoms with E-state index < -0.39 is 30.3 Å². The fourth-order valence-electron chi connectivity index (χ4n) is 3.66. The number of rotatable bonds is 7. The van der Waals surface area contributed by atoms with E-state index in [1.54, 1.807) is 44.4 Å². The molecule has 4 aromatic rings. The Morgan fingerprint density at radius 1 is 1.00 bits per heavy atom. The average molecular weight is 487 g/mol. The predicted molar refractivity (Wildman–Crippen MR) is 126 cm³/mol. The number of anilines is 1. The van der Waals surface area contributed by atoms with Crippen molar-refractivity contribution in [3.05, 3.63) is 83.3 Å². The van der Waals surface area contributed by atoms with Crippen LogP contribution in [0.2, 0.25) is 5.02 Å². The molecule has 0 aliphatic rings. The number of alkyl halides is 2. The minimum atomic E-state index is -2.66. The highest BCUT2D eigenvalue weighted by molar-refractivity contribution is 6.34. The number of benzene rings is 2. The highest BCUT2D eigenvalue weighted by Gasteiger charge is 2.23. The maximum absolute atomic E-state index is 14.4. The minimum absolute atomic E-state index is 0.121. The molecule has 0 saturated carbocycles. The van der Waals surface area contributed by atoms with Crippen molar-refractivity contribution in [3.63, 3.8) is 0 Å². The molecule has 2 aromatic heterocycles. The van der Waals surface area contributed by atoms with Crippen LogP contribution in [0.15, 0.2) is 61.1 Å². The van der Waals surface area contributed by atoms with Crippen LogP contribution in [-0.4, -0.2) is 26.5 Å². The van der Waals surface area contributed by atoms with E-state index >= 15 is 0 Å². The smallest absolute Gasteiger partial charge is 0.240 e. The average Bonchev–Trinajstić information content (AvgIpc) is 2.79. The van der Waals surface area contributed by atoms with E-state index in [0.717, 1.165) is 5.56 Å². The predicted octanol–water partition coefficient (Wildman–Crippen LogP) is 6.52. The highest BCUT2D eigenvalue weighted by Crippen LogP contribution is 2.37. The standard InChI is InChI=1S/C25H22ClF3N4O/c1-25(2,34)24-31-11-15(12-32-24)14-7-8-20-17(9-14)23(18(26)13-30-20)33-21(10-22(28)29)16-5-3-4-6-19(16)27/h3-9,11-13,21-22,34H,10H2,1-2H3,(H,30,33). The molecule has 2 N–H and O–H groups in total. The summed E-state index contributed by atoms with van der Waals surface area (Å²) in [7, 11) is 0. The van der Waals surface area contributed by atoms with Crippen molar-refractivity contribution in [1.29, 1.82) is 0 Å². The summed E-state index contributed by atoms with van der Waals surface area (Å²) in [6.45, 7) is 3.18. The molecule has 34 heavy (non-hydrogen) atoms. The van der Waals surface area contributed by atoms with Crippen molar-refractivity contribution in [2.45, 2.75) is 38.3 Å². The molecule has 0 spiro atoms. The first-order chi connectivity index (χ1) is 16.1. The van der Waals surface area contributed by atoms with Crippen LogP contribution >= 0.6 is 11.6 Å². The van der Waals surface area contributed by atoms with Crippen molar-refractivity contribution < 1.29 is 18.3 Å². The molecular weight excluding hydrogens is 465 g/mol. The van der Waals surface area contributed by atoms with Gasteiger partial charge in [-0.3, -0.25) is 4.98 Å². The third-order valence-electron chi connectivity index (χ3n) is 5.37. The number of hydrogen-bond acceptors (Lipinski definition) is 5. The molecule has 1 atom stereocenters. The first kappa shape index (κ1) is 23.9. The molecule has 0 radical (unpaired) electrons. The maximum Gasteiger partial charge on any atom is 0.240 e. The number of fused-ring (bicyclic) bond motifs is 1. The number of halogens is 4. The molecule has 1 unspecified atom stereocenters. The lowest BCUT2D eigenvalue weighted by molar-refractivity contribution is 0.0687. The van der Waals surface area contributed by atoms with Crippen molar-refractivity contribution in [3.8, 4) is 11.1 Å². The molecule has 0 aliphatic carbocycles. The van der Waals surface area contributed by atoms with Gasteiger partial charge in [0.1, 0.15) is 11.4 Å². The third-order valence-corrected chi connectivity index (χ3v) is 5.65. The lowest BCUT2D eigenvalue weighted by Gasteiger charge is -2.22. The number of aromatic nitrogens is 3. The van der Waals surface area contributed by atoms with Crippen molar-refractivity contribution in [2.24, 2.45) is 0 Å². The van der Waals surface area contributed by atoms with Crippen LogP contribution in [0.25, 0.3) is 22.0 Å². The Morgan fingerprint density at radius 3 is 2.35 bits per heavy atom. The molecule has 2 heterocycles. The van der Waals surface area contributed by atoms with E-state index in [-0.39, 0.29) is 16.4 Å². The molecule has 0 amide bonds. The fourth-order valence-corrected chi connectivity index (χ4v) is 3.87. The molecule has 0 aliphatic heterocycles. The van der Waals surface area contributed by atoms with E-state index in [1.807, 2.05) is 6.07 Å². The number of aliphatic hydroxyl groups is 1. The van der Waals surface area contributed by atoms with Gasteiger partial charge in [0.25, 0.3) is 0 Å². The molecule has 0 bridgehead atoms. The Bertz CT molecular complexity index is 1310. The van der Waals surface area contributed by atoms with E-state index in [4.69, 9.17) is 11.6 Å². The van der Waals surface area contributed by atoms with Gasteiger partial charge in [0.05, 0.1) is 22.3 Å². The molecule has 0 fully saturated rings. The Labute approximate surface area is 199 Å². The summed E-state index contributed by atoms with van der Waals surface area (Å²) in [6, 6.07) is 10.2. The number of pyridine rings is 1. The van der Waals surface area contributed by atoms with Crippen LogP contribution in [0.3, 0.4) is 0 Å². The second-order valence-corrected chi connectivity index (χ2v) is 8.82. The second kappa shape index (κ2) is 9.56. The lowest BCUT2D eigenvalue weighted by Crippen LogP contribution is -2.19. The quantitative estimate of drug-likeness (QED) is 0.311. The molecular formula is C25H22ClF3N4O. The van der Waals surface area contributed by atoms with Crippen LogP contribution < -0.4 is 5.32 Å². The van der Waals surface area contributed by atoms with Crippen molar-refractivity contribution in [2.75, 3.05) is 5.32 Å². The summed E-state index contributed by atoms with van der Waals surface area (Å²) >= 11 is 6.42. The van der Waals surface area contributed by atoms with Gasteiger partial charge in [-0.05, 0) is 37.6 Å². The van der Waals surface area contributed by atoms with Gasteiger partial charge in [0.15, 0.2) is 5.82 Å². The van der Waals surface area contributed by atoms with Gasteiger partial charge < -0.3 is 10.4 Å². The van der Waals surface area contributed by atoms with Crippen LogP contribution in [0.1, 0.15) is 37.7 Å². The van der Waals surface area contributed by atoms with Gasteiger partial charge in [-0.2, -0.15) is 0 Å². The van der Waals surface area contributed by atoms with E-state index in [1.165, 1.54) is 24.4 Å². The zero-order valence-corrected chi connectivity index (χ0v) is 19.2. The van der Waals surface area contributed by atoms with Crippen LogP contribution in [0.4, 0.5) is 18.9 Å². The molecule has 0 saturated heterocycles. The Balaban J connectivity index is 1.78. The second-order valence-electron chi connectivity index (χ2n) is 8.41. The number of nitrogens with zero attached hydrogens (tertiary/aromatic N) is 3. The molecule has 9 heteroatoms. The van der Waals surface area contributed by atoms with Gasteiger partial charge in [-0.1, -0.05) is 35.9 Å². The summed E-state index contributed by atoms with van der Waals surface area (Å²) in [5.74, 6) is -0.302. The van der Waals surface area contributed by atoms with Crippen LogP contribution in [-0.2, 0) is 5.60 Å². The van der Waals surface area contributed by atoms with Gasteiger partial charge in [-0.25, -0.2) is 23.1 Å². The first-order valence-electron chi connectivity index (χ1n) is 10.6.